The summed E-state index contributed by atoms with van der Waals surface area (Å²) < 4.78 is 32.8. The molecule has 6 rings (SSSR count). The van der Waals surface area contributed by atoms with Gasteiger partial charge < -0.3 is 24.8 Å². The van der Waals surface area contributed by atoms with Crippen LogP contribution in [0.4, 0.5) is 8.78 Å². The Labute approximate surface area is 292 Å². The number of halogens is 4. The molecule has 46 heavy (non-hydrogen) atoms. The second-order valence-electron chi connectivity index (χ2n) is 12.8. The number of hydrogen-bond acceptors (Lipinski definition) is 0. The molecule has 0 aliphatic heterocycles. The first-order chi connectivity index (χ1) is 21.1. The quantitative estimate of drug-likeness (QED) is 0.235. The normalized spacial score (nSPS) is 14.4. The van der Waals surface area contributed by atoms with Gasteiger partial charge in [0.1, 0.15) is 0 Å². The van der Waals surface area contributed by atoms with Crippen LogP contribution < -0.4 is 28.1 Å². The zero-order valence-corrected chi connectivity index (χ0v) is 30.7. The van der Waals surface area contributed by atoms with Gasteiger partial charge in [0.25, 0.3) is 0 Å². The van der Waals surface area contributed by atoms with Gasteiger partial charge in [-0.05, 0) is 0 Å². The molecule has 0 spiro atoms. The van der Waals surface area contributed by atoms with E-state index in [2.05, 4.69) is 83.3 Å². The minimum Gasteiger partial charge on any atom is -1.00 e. The number of fused-ring (bicyclic) bond motifs is 3. The average molecular weight is 731 g/mol. The molecular formula is C41H38Cl2F2Zr. The Morgan fingerprint density at radius 1 is 0.804 bits per heavy atom. The molecule has 0 aromatic heterocycles. The summed E-state index contributed by atoms with van der Waals surface area (Å²) in [5.41, 5.74) is 10.8. The Morgan fingerprint density at radius 2 is 1.37 bits per heavy atom. The van der Waals surface area contributed by atoms with Crippen molar-refractivity contribution in [3.8, 4) is 11.1 Å². The molecule has 0 heterocycles. The Kier molecular flexibility index (Phi) is 11.3. The maximum Gasteiger partial charge on any atom is -1.00 e. The van der Waals surface area contributed by atoms with Crippen molar-refractivity contribution in [1.82, 2.24) is 0 Å². The van der Waals surface area contributed by atoms with Crippen LogP contribution in [0.1, 0.15) is 67.5 Å². The van der Waals surface area contributed by atoms with Gasteiger partial charge in [-0.1, -0.05) is 0 Å². The van der Waals surface area contributed by atoms with Crippen molar-refractivity contribution < 1.29 is 54.9 Å². The predicted octanol–water partition coefficient (Wildman–Crippen LogP) is 4.24. The monoisotopic (exact) mass is 728 g/mol. The van der Waals surface area contributed by atoms with Crippen molar-refractivity contribution in [1.29, 1.82) is 0 Å². The van der Waals surface area contributed by atoms with E-state index in [4.69, 9.17) is 0 Å². The zero-order valence-electron chi connectivity index (χ0n) is 26.7. The molecule has 5 heteroatoms. The van der Waals surface area contributed by atoms with E-state index in [1.807, 2.05) is 36.4 Å². The molecule has 1 atom stereocenters. The summed E-state index contributed by atoms with van der Waals surface area (Å²) in [6.45, 7) is 17.3. The van der Waals surface area contributed by atoms with Crippen molar-refractivity contribution in [3.63, 3.8) is 0 Å². The first-order valence-corrected chi connectivity index (χ1v) is 19.1. The Bertz CT molecular complexity index is 1840. The van der Waals surface area contributed by atoms with Gasteiger partial charge in [-0.15, -0.1) is 0 Å². The summed E-state index contributed by atoms with van der Waals surface area (Å²) in [6.07, 6.45) is 10.7. The molecular weight excluding hydrogens is 693 g/mol. The van der Waals surface area contributed by atoms with Crippen LogP contribution in [0.5, 0.6) is 0 Å². The molecule has 0 saturated heterocycles. The van der Waals surface area contributed by atoms with Crippen LogP contribution >= 0.6 is 0 Å². The summed E-state index contributed by atoms with van der Waals surface area (Å²) in [5, 5.41) is 0. The van der Waals surface area contributed by atoms with Crippen LogP contribution in [-0.4, -0.2) is 3.21 Å². The fourth-order valence-corrected chi connectivity index (χ4v) is 15.4. The Hall–Kier alpha value is -2.97. The van der Waals surface area contributed by atoms with Crippen molar-refractivity contribution in [2.75, 3.05) is 0 Å². The van der Waals surface area contributed by atoms with Crippen molar-refractivity contribution >= 4 is 18.6 Å². The Balaban J connectivity index is 0.00000240. The van der Waals surface area contributed by atoms with Crippen LogP contribution in [0.2, 0.25) is 0 Å². The molecule has 4 aromatic rings. The molecule has 0 saturated carbocycles. The van der Waals surface area contributed by atoms with Gasteiger partial charge in [0, 0.05) is 0 Å². The second kappa shape index (κ2) is 14.4. The largest absolute Gasteiger partial charge is 1.00 e. The summed E-state index contributed by atoms with van der Waals surface area (Å²) in [7, 11) is 0. The minimum absolute atomic E-state index is 0. The SMILES string of the molecule is C=Cc1ccc2c(c1)-c1cc(C=C)c[c]([Zr+2]([C]3=CC(C(C)(C)C)=CC3CC)=[C](c3ccc(F)cc3)c3ccc(F)cc3)c1C2.[Cl-].[Cl-]. The molecule has 1 unspecified atom stereocenters. The minimum atomic E-state index is -3.13. The summed E-state index contributed by atoms with van der Waals surface area (Å²) in [6, 6.07) is 25.1. The van der Waals surface area contributed by atoms with Crippen LogP contribution in [0, 0.1) is 23.0 Å². The topological polar surface area (TPSA) is 0 Å². The van der Waals surface area contributed by atoms with E-state index in [1.54, 1.807) is 24.3 Å². The summed E-state index contributed by atoms with van der Waals surface area (Å²) in [4.78, 5) is 0. The smallest absolute Gasteiger partial charge is 1.00 e. The number of benzene rings is 4. The molecule has 4 aromatic carbocycles. The van der Waals surface area contributed by atoms with Crippen molar-refractivity contribution in [3.05, 3.63) is 158 Å². The van der Waals surface area contributed by atoms with E-state index in [9.17, 15) is 8.78 Å². The third kappa shape index (κ3) is 6.84. The molecule has 0 amide bonds. The molecule has 2 aliphatic carbocycles. The average Bonchev–Trinajstić information content (AvgIpc) is 3.62. The van der Waals surface area contributed by atoms with Gasteiger partial charge in [0.15, 0.2) is 0 Å². The fourth-order valence-electron chi connectivity index (χ4n) is 6.60. The first kappa shape index (κ1) is 35.9. The summed E-state index contributed by atoms with van der Waals surface area (Å²) >= 11 is -3.13. The zero-order chi connectivity index (χ0) is 31.2. The van der Waals surface area contributed by atoms with Gasteiger partial charge in [-0.3, -0.25) is 0 Å². The van der Waals surface area contributed by atoms with Gasteiger partial charge in [-0.2, -0.15) is 0 Å². The van der Waals surface area contributed by atoms with E-state index in [0.29, 0.717) is 5.92 Å². The van der Waals surface area contributed by atoms with Crippen LogP contribution in [0.15, 0.2) is 113 Å². The second-order valence-corrected chi connectivity index (χ2v) is 18.7. The van der Waals surface area contributed by atoms with Crippen LogP contribution in [0.25, 0.3) is 23.3 Å². The number of allylic oxidation sites excluding steroid dienone is 4. The fraction of sp³-hybridized carbons (Fsp3) is 0.195. The third-order valence-corrected chi connectivity index (χ3v) is 16.8. The van der Waals surface area contributed by atoms with Crippen molar-refractivity contribution in [2.45, 2.75) is 40.5 Å². The molecule has 234 valence electrons. The molecule has 0 radical (unpaired) electrons. The molecule has 0 bridgehead atoms. The van der Waals surface area contributed by atoms with Crippen LogP contribution in [-0.2, 0) is 27.7 Å². The maximum atomic E-state index is 14.3. The van der Waals surface area contributed by atoms with Crippen LogP contribution in [0.3, 0.4) is 0 Å². The van der Waals surface area contributed by atoms with E-state index in [-0.39, 0.29) is 41.9 Å². The molecule has 0 nitrogen and oxygen atoms in total. The number of hydrogen-bond donors (Lipinski definition) is 0. The van der Waals surface area contributed by atoms with E-state index >= 15 is 0 Å². The van der Waals surface area contributed by atoms with Gasteiger partial charge in [-0.25, -0.2) is 0 Å². The van der Waals surface area contributed by atoms with Crippen molar-refractivity contribution in [2.24, 2.45) is 11.3 Å². The standard InChI is InChI=1S/C17H13.C13H8F2.C11H17.2ClH.Zr/c1-3-12-5-7-14-11-15-8-6-13(4-2)10-17(15)16(14)9-12;14-12-5-1-10(2-6-12)9-11-3-7-13(15)8-4-11;1-5-9-6-7-10(8-9)11(2,3)4;;;/h3-7,9-10H,1-2,11H2;1-8H;7-9H,5H2,1-4H3;2*1H;/q;;;;;+2/p-2. The first-order valence-electron chi connectivity index (χ1n) is 15.4. The van der Waals surface area contributed by atoms with E-state index in [0.717, 1.165) is 35.1 Å². The van der Waals surface area contributed by atoms with E-state index < -0.39 is 21.3 Å². The van der Waals surface area contributed by atoms with Gasteiger partial charge in [0.05, 0.1) is 0 Å². The number of rotatable bonds is 7. The maximum absolute atomic E-state index is 14.3. The molecule has 0 fully saturated rings. The third-order valence-electron chi connectivity index (χ3n) is 9.01. The van der Waals surface area contributed by atoms with Gasteiger partial charge in [0.2, 0.25) is 0 Å². The summed E-state index contributed by atoms with van der Waals surface area (Å²) in [5.74, 6) is -0.208. The molecule has 2 aliphatic rings. The molecule has 0 N–H and O–H groups in total. The van der Waals surface area contributed by atoms with E-state index in [1.165, 1.54) is 37.6 Å². The Morgan fingerprint density at radius 3 is 1.89 bits per heavy atom. The van der Waals surface area contributed by atoms with Gasteiger partial charge >= 0.3 is 270 Å². The predicted molar refractivity (Wildman–Crippen MR) is 180 cm³/mol.